The number of benzene rings is 1. The number of carboxylic acids is 1. The van der Waals surface area contributed by atoms with Crippen LogP contribution in [0.15, 0.2) is 42.6 Å². The topological polar surface area (TPSA) is 88.5 Å². The SMILES string of the molecule is Cc1c(C(=O)O)ccnc1NC(=O)OCc1ccccc1. The van der Waals surface area contributed by atoms with E-state index in [0.717, 1.165) is 5.56 Å². The maximum absolute atomic E-state index is 11.7. The number of hydrogen-bond donors (Lipinski definition) is 2. The maximum Gasteiger partial charge on any atom is 0.413 e. The Labute approximate surface area is 121 Å². The molecule has 2 rings (SSSR count). The first kappa shape index (κ1) is 14.5. The van der Waals surface area contributed by atoms with Gasteiger partial charge >= 0.3 is 12.1 Å². The summed E-state index contributed by atoms with van der Waals surface area (Å²) in [5.41, 5.74) is 1.32. The summed E-state index contributed by atoms with van der Waals surface area (Å²) in [6.07, 6.45) is 0.639. The number of carbonyl (C=O) groups is 2. The molecule has 0 radical (unpaired) electrons. The van der Waals surface area contributed by atoms with Crippen LogP contribution in [0.3, 0.4) is 0 Å². The normalized spacial score (nSPS) is 9.95. The number of hydrogen-bond acceptors (Lipinski definition) is 4. The number of nitrogens with zero attached hydrogens (tertiary/aromatic N) is 1. The van der Waals surface area contributed by atoms with Gasteiger partial charge in [0.2, 0.25) is 0 Å². The fourth-order valence-electron chi connectivity index (χ4n) is 1.75. The molecule has 0 bridgehead atoms. The fourth-order valence-corrected chi connectivity index (χ4v) is 1.75. The Hall–Kier alpha value is -2.89. The fraction of sp³-hybridized carbons (Fsp3) is 0.133. The monoisotopic (exact) mass is 286 g/mol. The number of carbonyl (C=O) groups excluding carboxylic acids is 1. The minimum absolute atomic E-state index is 0.0864. The van der Waals surface area contributed by atoms with Crippen molar-refractivity contribution in [3.05, 3.63) is 59.3 Å². The van der Waals surface area contributed by atoms with Crippen LogP contribution in [0.4, 0.5) is 10.6 Å². The summed E-state index contributed by atoms with van der Waals surface area (Å²) in [5, 5.41) is 11.4. The highest BCUT2D eigenvalue weighted by Crippen LogP contribution is 2.16. The Balaban J connectivity index is 2.00. The van der Waals surface area contributed by atoms with Crippen molar-refractivity contribution in [1.29, 1.82) is 0 Å². The van der Waals surface area contributed by atoms with Crippen molar-refractivity contribution in [1.82, 2.24) is 4.98 Å². The van der Waals surface area contributed by atoms with Crippen molar-refractivity contribution < 1.29 is 19.4 Å². The number of rotatable bonds is 4. The highest BCUT2D eigenvalue weighted by Gasteiger charge is 2.13. The molecule has 1 aromatic heterocycles. The van der Waals surface area contributed by atoms with Gasteiger partial charge in [-0.1, -0.05) is 30.3 Å². The lowest BCUT2D eigenvalue weighted by Gasteiger charge is -2.09. The van der Waals surface area contributed by atoms with Crippen LogP contribution in [-0.4, -0.2) is 22.2 Å². The van der Waals surface area contributed by atoms with Gasteiger partial charge in [0.15, 0.2) is 0 Å². The van der Waals surface area contributed by atoms with Crippen LogP contribution in [-0.2, 0) is 11.3 Å². The van der Waals surface area contributed by atoms with Crippen LogP contribution in [0.2, 0.25) is 0 Å². The van der Waals surface area contributed by atoms with E-state index >= 15 is 0 Å². The van der Waals surface area contributed by atoms with Gasteiger partial charge in [-0.25, -0.2) is 14.6 Å². The molecule has 0 aliphatic heterocycles. The van der Waals surface area contributed by atoms with Gasteiger partial charge in [0, 0.05) is 11.8 Å². The lowest BCUT2D eigenvalue weighted by Crippen LogP contribution is -2.16. The molecule has 0 atom stereocenters. The van der Waals surface area contributed by atoms with Gasteiger partial charge in [-0.15, -0.1) is 0 Å². The van der Waals surface area contributed by atoms with Crippen LogP contribution in [0.25, 0.3) is 0 Å². The van der Waals surface area contributed by atoms with Gasteiger partial charge in [-0.05, 0) is 18.6 Å². The molecule has 0 saturated heterocycles. The number of aromatic nitrogens is 1. The minimum Gasteiger partial charge on any atom is -0.478 e. The molecule has 2 aromatic rings. The molecule has 0 unspecified atom stereocenters. The summed E-state index contributed by atoms with van der Waals surface area (Å²) in [7, 11) is 0. The number of aromatic carboxylic acids is 1. The second-order valence-electron chi connectivity index (χ2n) is 4.32. The first-order valence-electron chi connectivity index (χ1n) is 6.24. The van der Waals surface area contributed by atoms with E-state index < -0.39 is 12.1 Å². The molecule has 108 valence electrons. The maximum atomic E-state index is 11.7. The summed E-state index contributed by atoms with van der Waals surface area (Å²) >= 11 is 0. The number of pyridine rings is 1. The lowest BCUT2D eigenvalue weighted by atomic mass is 10.1. The van der Waals surface area contributed by atoms with Crippen molar-refractivity contribution in [3.8, 4) is 0 Å². The molecule has 6 heteroatoms. The van der Waals surface area contributed by atoms with Gasteiger partial charge in [0.25, 0.3) is 0 Å². The molecule has 6 nitrogen and oxygen atoms in total. The lowest BCUT2D eigenvalue weighted by molar-refractivity contribution is 0.0696. The molecule has 0 fully saturated rings. The Bertz CT molecular complexity index is 656. The average Bonchev–Trinajstić information content (AvgIpc) is 2.48. The van der Waals surface area contributed by atoms with Crippen molar-refractivity contribution in [2.24, 2.45) is 0 Å². The van der Waals surface area contributed by atoms with Crippen LogP contribution in [0.5, 0.6) is 0 Å². The van der Waals surface area contributed by atoms with E-state index in [1.807, 2.05) is 30.3 Å². The van der Waals surface area contributed by atoms with Crippen LogP contribution in [0, 0.1) is 6.92 Å². The van der Waals surface area contributed by atoms with Crippen LogP contribution >= 0.6 is 0 Å². The Morgan fingerprint density at radius 1 is 1.24 bits per heavy atom. The smallest absolute Gasteiger partial charge is 0.413 e. The van der Waals surface area contributed by atoms with Crippen molar-refractivity contribution >= 4 is 17.9 Å². The number of carboxylic acid groups (broad SMARTS) is 1. The van der Waals surface area contributed by atoms with Gasteiger partial charge in [0.05, 0.1) is 5.56 Å². The summed E-state index contributed by atoms with van der Waals surface area (Å²) in [6.45, 7) is 1.70. The average molecular weight is 286 g/mol. The molecule has 0 aliphatic carbocycles. The first-order chi connectivity index (χ1) is 10.1. The molecule has 21 heavy (non-hydrogen) atoms. The van der Waals surface area contributed by atoms with Crippen molar-refractivity contribution in [2.45, 2.75) is 13.5 Å². The number of amides is 1. The highest BCUT2D eigenvalue weighted by atomic mass is 16.5. The Morgan fingerprint density at radius 3 is 2.62 bits per heavy atom. The minimum atomic E-state index is -1.07. The van der Waals surface area contributed by atoms with Crippen molar-refractivity contribution in [2.75, 3.05) is 5.32 Å². The van der Waals surface area contributed by atoms with Gasteiger partial charge in [-0.2, -0.15) is 0 Å². The number of nitrogens with one attached hydrogen (secondary N) is 1. The van der Waals surface area contributed by atoms with Gasteiger partial charge in [0.1, 0.15) is 12.4 Å². The van der Waals surface area contributed by atoms with Gasteiger partial charge < -0.3 is 9.84 Å². The number of anilines is 1. The van der Waals surface area contributed by atoms with E-state index in [0.29, 0.717) is 5.56 Å². The molecule has 0 spiro atoms. The predicted molar refractivity (Wildman–Crippen MR) is 76.2 cm³/mol. The summed E-state index contributed by atoms with van der Waals surface area (Å²) in [6, 6.07) is 10.6. The molecule has 2 N–H and O–H groups in total. The zero-order chi connectivity index (χ0) is 15.2. The Morgan fingerprint density at radius 2 is 1.95 bits per heavy atom. The van der Waals surface area contributed by atoms with Crippen LogP contribution < -0.4 is 5.32 Å². The molecule has 1 heterocycles. The first-order valence-corrected chi connectivity index (χ1v) is 6.24. The van der Waals surface area contributed by atoms with Crippen LogP contribution in [0.1, 0.15) is 21.5 Å². The van der Waals surface area contributed by atoms with Gasteiger partial charge in [-0.3, -0.25) is 5.32 Å². The molecule has 1 amide bonds. The molecular formula is C15H14N2O4. The zero-order valence-electron chi connectivity index (χ0n) is 11.4. The quantitative estimate of drug-likeness (QED) is 0.902. The number of ether oxygens (including phenoxy) is 1. The summed E-state index contributed by atoms with van der Waals surface area (Å²) in [5.74, 6) is -0.899. The largest absolute Gasteiger partial charge is 0.478 e. The molecular weight excluding hydrogens is 272 g/mol. The van der Waals surface area contributed by atoms with E-state index in [2.05, 4.69) is 10.3 Å². The van der Waals surface area contributed by atoms with E-state index in [4.69, 9.17) is 9.84 Å². The predicted octanol–water partition coefficient (Wildman–Crippen LogP) is 2.84. The summed E-state index contributed by atoms with van der Waals surface area (Å²) < 4.78 is 5.05. The highest BCUT2D eigenvalue weighted by molar-refractivity contribution is 5.92. The van der Waals surface area contributed by atoms with Crippen molar-refractivity contribution in [3.63, 3.8) is 0 Å². The third-order valence-corrected chi connectivity index (χ3v) is 2.87. The Kier molecular flexibility index (Phi) is 4.50. The molecule has 0 saturated carbocycles. The third kappa shape index (κ3) is 3.79. The standard InChI is InChI=1S/C15H14N2O4/c1-10-12(14(18)19)7-8-16-13(10)17-15(20)21-9-11-5-3-2-4-6-11/h2-8H,9H2,1H3,(H,18,19)(H,16,17,20). The molecule has 0 aliphatic rings. The van der Waals surface area contributed by atoms with E-state index in [9.17, 15) is 9.59 Å². The second kappa shape index (κ2) is 6.51. The second-order valence-corrected chi connectivity index (χ2v) is 4.32. The zero-order valence-corrected chi connectivity index (χ0v) is 11.4. The third-order valence-electron chi connectivity index (χ3n) is 2.87. The van der Waals surface area contributed by atoms with E-state index in [1.54, 1.807) is 6.92 Å². The van der Waals surface area contributed by atoms with E-state index in [1.165, 1.54) is 12.3 Å². The molecule has 1 aromatic carbocycles. The summed E-state index contributed by atoms with van der Waals surface area (Å²) in [4.78, 5) is 26.6. The van der Waals surface area contributed by atoms with E-state index in [-0.39, 0.29) is 18.0 Å².